The summed E-state index contributed by atoms with van der Waals surface area (Å²) in [5, 5.41) is 11.9. The first-order valence-electron chi connectivity index (χ1n) is 6.85. The third-order valence-electron chi connectivity index (χ3n) is 3.36. The summed E-state index contributed by atoms with van der Waals surface area (Å²) in [5.74, 6) is -0.474. The van der Waals surface area contributed by atoms with Crippen molar-refractivity contribution < 1.29 is 14.7 Å². The van der Waals surface area contributed by atoms with Crippen LogP contribution in [0.3, 0.4) is 0 Å². The van der Waals surface area contributed by atoms with Crippen molar-refractivity contribution in [1.29, 1.82) is 0 Å². The molecule has 1 aromatic rings. The number of benzene rings is 1. The molecule has 0 unspecified atom stereocenters. The zero-order valence-electron chi connectivity index (χ0n) is 11.8. The Hall–Kier alpha value is -2.04. The Balaban J connectivity index is 2.01. The van der Waals surface area contributed by atoms with E-state index in [2.05, 4.69) is 19.2 Å². The highest BCUT2D eigenvalue weighted by Crippen LogP contribution is 2.28. The Morgan fingerprint density at radius 3 is 2.80 bits per heavy atom. The number of hydrogen-bond acceptors (Lipinski definition) is 3. The molecule has 1 aliphatic heterocycles. The van der Waals surface area contributed by atoms with E-state index in [0.717, 1.165) is 24.2 Å². The number of carboxylic acid groups (broad SMARTS) is 1. The van der Waals surface area contributed by atoms with E-state index < -0.39 is 5.97 Å². The van der Waals surface area contributed by atoms with Crippen molar-refractivity contribution in [3.8, 4) is 0 Å². The first-order chi connectivity index (χ1) is 9.47. The maximum Gasteiger partial charge on any atom is 0.335 e. The topological polar surface area (TPSA) is 69.6 Å². The third kappa shape index (κ3) is 3.29. The Kier molecular flexibility index (Phi) is 4.27. The summed E-state index contributed by atoms with van der Waals surface area (Å²) in [5.41, 5.74) is 2.27. The predicted molar refractivity (Wildman–Crippen MR) is 77.2 cm³/mol. The largest absolute Gasteiger partial charge is 0.478 e. The maximum atomic E-state index is 11.8. The van der Waals surface area contributed by atoms with Crippen LogP contribution in [0, 0.1) is 5.92 Å². The summed E-state index contributed by atoms with van der Waals surface area (Å²) in [4.78, 5) is 24.8. The van der Waals surface area contributed by atoms with Crippen LogP contribution in [0.5, 0.6) is 0 Å². The Morgan fingerprint density at radius 2 is 2.15 bits per heavy atom. The highest BCUT2D eigenvalue weighted by atomic mass is 16.4. The Morgan fingerprint density at radius 1 is 1.40 bits per heavy atom. The zero-order chi connectivity index (χ0) is 14.7. The minimum Gasteiger partial charge on any atom is -0.478 e. The molecule has 0 radical (unpaired) electrons. The quantitative estimate of drug-likeness (QED) is 0.855. The molecule has 5 nitrogen and oxygen atoms in total. The van der Waals surface area contributed by atoms with Crippen molar-refractivity contribution >= 4 is 17.6 Å². The molecule has 0 saturated carbocycles. The fourth-order valence-corrected chi connectivity index (χ4v) is 2.31. The number of nitrogens with one attached hydrogen (secondary N) is 1. The minimum atomic E-state index is -0.916. The van der Waals surface area contributed by atoms with Gasteiger partial charge in [0.2, 0.25) is 5.91 Å². The lowest BCUT2D eigenvalue weighted by atomic mass is 10.1. The lowest BCUT2D eigenvalue weighted by Crippen LogP contribution is -2.37. The van der Waals surface area contributed by atoms with Crippen molar-refractivity contribution in [2.75, 3.05) is 24.5 Å². The second-order valence-corrected chi connectivity index (χ2v) is 5.52. The molecular weight excluding hydrogens is 256 g/mol. The fraction of sp³-hybridized carbons (Fsp3) is 0.467. The van der Waals surface area contributed by atoms with Gasteiger partial charge in [-0.1, -0.05) is 13.8 Å². The molecular formula is C15H20N2O3. The standard InChI is InChI=1S/C15H20N2O3/c1-10(2)8-16-14(18)9-17-6-5-11-7-12(15(19)20)3-4-13(11)17/h3-4,7,10H,5-6,8-9H2,1-2H3,(H,16,18)(H,19,20). The second kappa shape index (κ2) is 5.94. The summed E-state index contributed by atoms with van der Waals surface area (Å²) in [7, 11) is 0. The molecule has 1 amide bonds. The smallest absolute Gasteiger partial charge is 0.335 e. The molecule has 1 heterocycles. The maximum absolute atomic E-state index is 11.8. The number of carboxylic acids is 1. The van der Waals surface area contributed by atoms with Crippen molar-refractivity contribution in [1.82, 2.24) is 5.32 Å². The number of fused-ring (bicyclic) bond motifs is 1. The van der Waals surface area contributed by atoms with Gasteiger partial charge in [-0.25, -0.2) is 4.79 Å². The van der Waals surface area contributed by atoms with E-state index >= 15 is 0 Å². The molecule has 2 rings (SSSR count). The van der Waals surface area contributed by atoms with Crippen molar-refractivity contribution in [3.05, 3.63) is 29.3 Å². The van der Waals surface area contributed by atoms with Crippen LogP contribution in [0.2, 0.25) is 0 Å². The van der Waals surface area contributed by atoms with Gasteiger partial charge in [0.25, 0.3) is 0 Å². The number of carbonyl (C=O) groups is 2. The Bertz CT molecular complexity index is 526. The highest BCUT2D eigenvalue weighted by Gasteiger charge is 2.22. The predicted octanol–water partition coefficient (Wildman–Crippen LogP) is 1.52. The molecule has 0 fully saturated rings. The van der Waals surface area contributed by atoms with Crippen LogP contribution in [-0.2, 0) is 11.2 Å². The van der Waals surface area contributed by atoms with E-state index in [1.165, 1.54) is 0 Å². The summed E-state index contributed by atoms with van der Waals surface area (Å²) >= 11 is 0. The van der Waals surface area contributed by atoms with Crippen LogP contribution in [0.15, 0.2) is 18.2 Å². The van der Waals surface area contributed by atoms with Gasteiger partial charge >= 0.3 is 5.97 Å². The van der Waals surface area contributed by atoms with Gasteiger partial charge in [0, 0.05) is 18.8 Å². The average molecular weight is 276 g/mol. The first kappa shape index (κ1) is 14.4. The number of carbonyl (C=O) groups excluding carboxylic acids is 1. The Labute approximate surface area is 118 Å². The van der Waals surface area contributed by atoms with Crippen LogP contribution >= 0.6 is 0 Å². The van der Waals surface area contributed by atoms with Crippen LogP contribution in [0.4, 0.5) is 5.69 Å². The fourth-order valence-electron chi connectivity index (χ4n) is 2.31. The van der Waals surface area contributed by atoms with Gasteiger partial charge in [-0.05, 0) is 36.1 Å². The van der Waals surface area contributed by atoms with E-state index in [-0.39, 0.29) is 5.91 Å². The number of amides is 1. The molecule has 0 spiro atoms. The number of hydrogen-bond donors (Lipinski definition) is 2. The van der Waals surface area contributed by atoms with E-state index in [1.807, 2.05) is 4.90 Å². The summed E-state index contributed by atoms with van der Waals surface area (Å²) in [6, 6.07) is 5.08. The molecule has 0 aromatic heterocycles. The highest BCUT2D eigenvalue weighted by molar-refractivity contribution is 5.89. The molecule has 20 heavy (non-hydrogen) atoms. The van der Waals surface area contributed by atoms with Gasteiger partial charge < -0.3 is 15.3 Å². The van der Waals surface area contributed by atoms with Gasteiger partial charge in [-0.3, -0.25) is 4.79 Å². The average Bonchev–Trinajstić information content (AvgIpc) is 2.79. The van der Waals surface area contributed by atoms with Crippen molar-refractivity contribution in [2.24, 2.45) is 5.92 Å². The van der Waals surface area contributed by atoms with Crippen LogP contribution in [0.25, 0.3) is 0 Å². The van der Waals surface area contributed by atoms with Gasteiger partial charge in [0.1, 0.15) is 0 Å². The normalized spacial score (nSPS) is 13.4. The summed E-state index contributed by atoms with van der Waals surface area (Å²) < 4.78 is 0. The van der Waals surface area contributed by atoms with Gasteiger partial charge in [-0.15, -0.1) is 0 Å². The number of rotatable bonds is 5. The number of anilines is 1. The zero-order valence-corrected chi connectivity index (χ0v) is 11.8. The molecule has 5 heteroatoms. The van der Waals surface area contributed by atoms with E-state index in [0.29, 0.717) is 24.6 Å². The monoisotopic (exact) mass is 276 g/mol. The van der Waals surface area contributed by atoms with Crippen LogP contribution < -0.4 is 10.2 Å². The molecule has 0 bridgehead atoms. The molecule has 1 aromatic carbocycles. The number of aromatic carboxylic acids is 1. The van der Waals surface area contributed by atoms with Gasteiger partial charge in [0.05, 0.1) is 12.1 Å². The molecule has 1 aliphatic rings. The first-order valence-corrected chi connectivity index (χ1v) is 6.85. The SMILES string of the molecule is CC(C)CNC(=O)CN1CCc2cc(C(=O)O)ccc21. The van der Waals surface area contributed by atoms with Crippen molar-refractivity contribution in [3.63, 3.8) is 0 Å². The van der Waals surface area contributed by atoms with E-state index in [4.69, 9.17) is 5.11 Å². The minimum absolute atomic E-state index is 0.00820. The molecule has 2 N–H and O–H groups in total. The lowest BCUT2D eigenvalue weighted by Gasteiger charge is -2.19. The van der Waals surface area contributed by atoms with E-state index in [9.17, 15) is 9.59 Å². The van der Waals surface area contributed by atoms with Gasteiger partial charge in [-0.2, -0.15) is 0 Å². The van der Waals surface area contributed by atoms with Crippen molar-refractivity contribution in [2.45, 2.75) is 20.3 Å². The van der Waals surface area contributed by atoms with Gasteiger partial charge in [0.15, 0.2) is 0 Å². The number of nitrogens with zero attached hydrogens (tertiary/aromatic N) is 1. The molecule has 0 atom stereocenters. The third-order valence-corrected chi connectivity index (χ3v) is 3.36. The summed E-state index contributed by atoms with van der Waals surface area (Å²) in [6.07, 6.45) is 0.786. The van der Waals surface area contributed by atoms with Crippen LogP contribution in [-0.4, -0.2) is 36.6 Å². The molecule has 108 valence electrons. The van der Waals surface area contributed by atoms with E-state index in [1.54, 1.807) is 18.2 Å². The summed E-state index contributed by atoms with van der Waals surface area (Å²) in [6.45, 7) is 5.87. The molecule has 0 saturated heterocycles. The lowest BCUT2D eigenvalue weighted by molar-refractivity contribution is -0.119. The second-order valence-electron chi connectivity index (χ2n) is 5.52. The molecule has 0 aliphatic carbocycles. The van der Waals surface area contributed by atoms with Crippen LogP contribution in [0.1, 0.15) is 29.8 Å².